The normalized spacial score (nSPS) is 11.3. The van der Waals surface area contributed by atoms with E-state index in [9.17, 15) is 27.6 Å². The Bertz CT molecular complexity index is 1430. The van der Waals surface area contributed by atoms with Crippen molar-refractivity contribution in [1.29, 1.82) is 0 Å². The third kappa shape index (κ3) is 12.3. The van der Waals surface area contributed by atoms with Gasteiger partial charge in [0.1, 0.15) is 24.0 Å². The molecule has 1 aliphatic rings. The number of ether oxygens (including phenoxy) is 1. The van der Waals surface area contributed by atoms with Crippen molar-refractivity contribution in [1.82, 2.24) is 5.32 Å². The standard InChI is InChI=1S/C23H25FO.C7H6F2.C4H7NO3.2C2H6/c1-14(2)18-11-9-17(24)12-22(18)16(4)23(13-25)21-10-8-15(3)19-6-5-7-20(19)21;1-5-6(8)3-2-4-7(5)9;1-8-4(7)2-5-3-6;2*1-2/h8-14H,5-7H2,1-4H3;2-4H,1H3;3H,2H2,1H3,(H,5,6);2*1-2H3/b23-16+;;;;. The molecule has 5 nitrogen and oxygen atoms in total. The number of hydrogen-bond donors (Lipinski definition) is 1. The van der Waals surface area contributed by atoms with Crippen molar-refractivity contribution in [3.63, 3.8) is 0 Å². The van der Waals surface area contributed by atoms with Crippen LogP contribution < -0.4 is 5.32 Å². The molecule has 0 unspecified atom stereocenters. The molecule has 1 amide bonds. The molecule has 0 radical (unpaired) electrons. The van der Waals surface area contributed by atoms with E-state index in [1.165, 1.54) is 55.0 Å². The summed E-state index contributed by atoms with van der Waals surface area (Å²) in [5.74, 6) is -1.43. The van der Waals surface area contributed by atoms with E-state index < -0.39 is 17.6 Å². The summed E-state index contributed by atoms with van der Waals surface area (Å²) < 4.78 is 42.8. The van der Waals surface area contributed by atoms with Gasteiger partial charge >= 0.3 is 5.97 Å². The highest BCUT2D eigenvalue weighted by Gasteiger charge is 2.21. The van der Waals surface area contributed by atoms with Crippen LogP contribution in [0.25, 0.3) is 11.1 Å². The van der Waals surface area contributed by atoms with E-state index in [2.05, 4.69) is 43.0 Å². The SMILES string of the molecule is C/C(=C(/C=O)c1ccc(C)c2c1CCC2)c1cc(F)ccc1C(C)C.CC.CC.COC(=O)CNC=O.Cc1c(F)cccc1F. The van der Waals surface area contributed by atoms with Gasteiger partial charge in [0, 0.05) is 11.1 Å². The number of carbonyl (C=O) groups excluding carboxylic acids is 3. The van der Waals surface area contributed by atoms with E-state index >= 15 is 0 Å². The molecule has 0 bridgehead atoms. The number of halogens is 3. The first-order chi connectivity index (χ1) is 22.0. The summed E-state index contributed by atoms with van der Waals surface area (Å²) in [6, 6.07) is 12.9. The van der Waals surface area contributed by atoms with Crippen molar-refractivity contribution >= 4 is 29.8 Å². The van der Waals surface area contributed by atoms with Gasteiger partial charge in [0.2, 0.25) is 6.41 Å². The fraction of sp³-hybridized carbons (Fsp3) is 0.395. The van der Waals surface area contributed by atoms with Crippen LogP contribution in [0.4, 0.5) is 13.2 Å². The zero-order valence-electron chi connectivity index (χ0n) is 28.9. The first-order valence-electron chi connectivity index (χ1n) is 15.7. The third-order valence-corrected chi connectivity index (χ3v) is 7.13. The number of methoxy groups -OCH3 is 1. The topological polar surface area (TPSA) is 72.5 Å². The summed E-state index contributed by atoms with van der Waals surface area (Å²) in [4.78, 5) is 31.7. The van der Waals surface area contributed by atoms with Gasteiger partial charge in [0.25, 0.3) is 0 Å². The summed E-state index contributed by atoms with van der Waals surface area (Å²) in [5.41, 5.74) is 8.53. The zero-order chi connectivity index (χ0) is 35.4. The maximum Gasteiger partial charge on any atom is 0.325 e. The molecule has 46 heavy (non-hydrogen) atoms. The van der Waals surface area contributed by atoms with Crippen LogP contribution in [0.1, 0.15) is 99.7 Å². The van der Waals surface area contributed by atoms with Crippen molar-refractivity contribution < 1.29 is 32.3 Å². The highest BCUT2D eigenvalue weighted by molar-refractivity contribution is 6.17. The van der Waals surface area contributed by atoms with Crippen LogP contribution in [0.2, 0.25) is 0 Å². The summed E-state index contributed by atoms with van der Waals surface area (Å²) in [5, 5.41) is 2.14. The van der Waals surface area contributed by atoms with Gasteiger partial charge in [-0.15, -0.1) is 0 Å². The molecule has 0 aliphatic heterocycles. The Morgan fingerprint density at radius 2 is 1.48 bits per heavy atom. The van der Waals surface area contributed by atoms with Gasteiger partial charge in [-0.2, -0.15) is 0 Å². The van der Waals surface area contributed by atoms with Crippen molar-refractivity contribution in [2.24, 2.45) is 0 Å². The molecular formula is C38H50F3NO4. The second kappa shape index (κ2) is 22.3. The van der Waals surface area contributed by atoms with Crippen LogP contribution in [0.15, 0.2) is 48.5 Å². The second-order valence-corrected chi connectivity index (χ2v) is 10.2. The van der Waals surface area contributed by atoms with Crippen LogP contribution >= 0.6 is 0 Å². The number of benzene rings is 3. The van der Waals surface area contributed by atoms with Crippen LogP contribution in [0.5, 0.6) is 0 Å². The maximum atomic E-state index is 13.9. The number of esters is 1. The molecule has 0 atom stereocenters. The number of carbonyl (C=O) groups is 3. The molecular weight excluding hydrogens is 591 g/mol. The van der Waals surface area contributed by atoms with E-state index in [1.807, 2.05) is 40.7 Å². The van der Waals surface area contributed by atoms with E-state index in [1.54, 1.807) is 6.07 Å². The molecule has 0 aromatic heterocycles. The third-order valence-electron chi connectivity index (χ3n) is 7.13. The predicted molar refractivity (Wildman–Crippen MR) is 182 cm³/mol. The minimum Gasteiger partial charge on any atom is -0.468 e. The number of fused-ring (bicyclic) bond motifs is 1. The van der Waals surface area contributed by atoms with Gasteiger partial charge in [-0.1, -0.05) is 65.8 Å². The largest absolute Gasteiger partial charge is 0.468 e. The molecule has 0 saturated carbocycles. The van der Waals surface area contributed by atoms with Gasteiger partial charge in [-0.3, -0.25) is 14.4 Å². The van der Waals surface area contributed by atoms with Crippen LogP contribution in [0, 0.1) is 31.3 Å². The zero-order valence-corrected chi connectivity index (χ0v) is 28.9. The number of hydrogen-bond acceptors (Lipinski definition) is 4. The molecule has 8 heteroatoms. The molecule has 4 rings (SSSR count). The summed E-state index contributed by atoms with van der Waals surface area (Å²) in [6.07, 6.45) is 4.61. The summed E-state index contributed by atoms with van der Waals surface area (Å²) >= 11 is 0. The fourth-order valence-corrected chi connectivity index (χ4v) is 4.77. The highest BCUT2D eigenvalue weighted by Crippen LogP contribution is 2.36. The second-order valence-electron chi connectivity index (χ2n) is 10.2. The lowest BCUT2D eigenvalue weighted by atomic mass is 9.87. The van der Waals surface area contributed by atoms with Gasteiger partial charge in [0.15, 0.2) is 6.29 Å². The molecule has 0 fully saturated rings. The molecule has 0 saturated heterocycles. The monoisotopic (exact) mass is 641 g/mol. The first-order valence-corrected chi connectivity index (χ1v) is 15.7. The number of allylic oxidation sites excluding steroid dienone is 2. The average Bonchev–Trinajstić information content (AvgIpc) is 3.57. The Kier molecular flexibility index (Phi) is 20.3. The molecule has 1 aliphatic carbocycles. The van der Waals surface area contributed by atoms with E-state index in [4.69, 9.17) is 0 Å². The van der Waals surface area contributed by atoms with Gasteiger partial charge in [-0.25, -0.2) is 13.2 Å². The Balaban J connectivity index is 0.000000791. The minimum absolute atomic E-state index is 0.0556. The Morgan fingerprint density at radius 3 is 1.98 bits per heavy atom. The van der Waals surface area contributed by atoms with Crippen molar-refractivity contribution in [3.05, 3.63) is 105 Å². The van der Waals surface area contributed by atoms with Gasteiger partial charge < -0.3 is 10.1 Å². The van der Waals surface area contributed by atoms with Crippen LogP contribution in [-0.2, 0) is 32.0 Å². The predicted octanol–water partition coefficient (Wildman–Crippen LogP) is 9.11. The van der Waals surface area contributed by atoms with Gasteiger partial charge in [0.05, 0.1) is 7.11 Å². The molecule has 0 spiro atoms. The maximum absolute atomic E-state index is 13.9. The quantitative estimate of drug-likeness (QED) is 0.121. The molecule has 3 aromatic carbocycles. The summed E-state index contributed by atoms with van der Waals surface area (Å²) in [7, 11) is 1.26. The van der Waals surface area contributed by atoms with E-state index in [0.717, 1.165) is 47.8 Å². The lowest BCUT2D eigenvalue weighted by Crippen LogP contribution is -2.21. The Morgan fingerprint density at radius 1 is 0.891 bits per heavy atom. The fourth-order valence-electron chi connectivity index (χ4n) is 4.77. The first kappa shape index (κ1) is 41.8. The average molecular weight is 642 g/mol. The van der Waals surface area contributed by atoms with Crippen LogP contribution in [0.3, 0.4) is 0 Å². The number of nitrogens with one attached hydrogen (secondary N) is 1. The lowest BCUT2D eigenvalue weighted by Gasteiger charge is -2.17. The number of amides is 1. The lowest BCUT2D eigenvalue weighted by molar-refractivity contribution is -0.140. The summed E-state index contributed by atoms with van der Waals surface area (Å²) in [6.45, 7) is 17.6. The molecule has 1 N–H and O–H groups in total. The number of aldehydes is 1. The van der Waals surface area contributed by atoms with Crippen LogP contribution in [-0.4, -0.2) is 32.3 Å². The highest BCUT2D eigenvalue weighted by atomic mass is 19.1. The minimum atomic E-state index is -0.491. The van der Waals surface area contributed by atoms with Crippen molar-refractivity contribution in [2.45, 2.75) is 87.5 Å². The van der Waals surface area contributed by atoms with Crippen molar-refractivity contribution in [3.8, 4) is 0 Å². The number of rotatable bonds is 7. The van der Waals surface area contributed by atoms with Crippen molar-refractivity contribution in [2.75, 3.05) is 13.7 Å². The van der Waals surface area contributed by atoms with E-state index in [-0.39, 0.29) is 23.8 Å². The smallest absolute Gasteiger partial charge is 0.325 e. The van der Waals surface area contributed by atoms with Gasteiger partial charge in [-0.05, 0) is 109 Å². The molecule has 3 aromatic rings. The van der Waals surface area contributed by atoms with E-state index in [0.29, 0.717) is 12.0 Å². The Hall–Kier alpha value is -4.20. The molecule has 252 valence electrons. The Labute approximate surface area is 273 Å². The number of aryl methyl sites for hydroxylation is 1. The molecule has 0 heterocycles.